The molecule has 1 unspecified atom stereocenters. The van der Waals surface area contributed by atoms with Gasteiger partial charge in [0.15, 0.2) is 0 Å². The standard InChI is InChI=1S/C21H25N5O3/c27-20(23-17-4-2-1-3-5-17)26-7-6-21(14-26)15-29-13-16-12-22-19(24-18(16)21)25-8-10-28-11-9-25/h1-5,12H,6-11,13-15H2,(H,23,27). The van der Waals surface area contributed by atoms with E-state index in [9.17, 15) is 4.79 Å². The highest BCUT2D eigenvalue weighted by Crippen LogP contribution is 2.39. The highest BCUT2D eigenvalue weighted by atomic mass is 16.5. The molecule has 2 aromatic rings. The van der Waals surface area contributed by atoms with Crippen LogP contribution in [0.4, 0.5) is 16.4 Å². The van der Waals surface area contributed by atoms with Crippen molar-refractivity contribution in [1.29, 1.82) is 0 Å². The number of carbonyl (C=O) groups is 1. The molecule has 1 spiro atoms. The molecule has 29 heavy (non-hydrogen) atoms. The molecule has 0 radical (unpaired) electrons. The van der Waals surface area contributed by atoms with Crippen LogP contribution in [0.15, 0.2) is 36.5 Å². The number of hydrogen-bond acceptors (Lipinski definition) is 6. The number of amides is 2. The average molecular weight is 395 g/mol. The van der Waals surface area contributed by atoms with Crippen molar-refractivity contribution in [2.24, 2.45) is 0 Å². The van der Waals surface area contributed by atoms with Crippen molar-refractivity contribution in [1.82, 2.24) is 14.9 Å². The molecule has 1 aromatic carbocycles. The third-order valence-corrected chi connectivity index (χ3v) is 5.95. The number of carbonyl (C=O) groups excluding carboxylic acids is 1. The van der Waals surface area contributed by atoms with Crippen LogP contribution in [0.5, 0.6) is 0 Å². The van der Waals surface area contributed by atoms with E-state index in [1.165, 1.54) is 0 Å². The predicted octanol–water partition coefficient (Wildman–Crippen LogP) is 2.02. The number of ether oxygens (including phenoxy) is 2. The Kier molecular flexibility index (Phi) is 4.81. The van der Waals surface area contributed by atoms with Gasteiger partial charge in [-0.25, -0.2) is 14.8 Å². The lowest BCUT2D eigenvalue weighted by molar-refractivity contribution is 0.0520. The minimum Gasteiger partial charge on any atom is -0.378 e. The van der Waals surface area contributed by atoms with Crippen LogP contribution in [0, 0.1) is 0 Å². The molecular formula is C21H25N5O3. The number of nitrogens with one attached hydrogen (secondary N) is 1. The Hall–Kier alpha value is -2.71. The molecule has 3 aliphatic heterocycles. The van der Waals surface area contributed by atoms with E-state index >= 15 is 0 Å². The van der Waals surface area contributed by atoms with Gasteiger partial charge in [-0.3, -0.25) is 0 Å². The van der Waals surface area contributed by atoms with Crippen molar-refractivity contribution in [3.05, 3.63) is 47.8 Å². The molecule has 0 aliphatic carbocycles. The zero-order valence-electron chi connectivity index (χ0n) is 16.3. The number of urea groups is 1. The van der Waals surface area contributed by atoms with Crippen LogP contribution in [0.1, 0.15) is 17.7 Å². The molecule has 2 fully saturated rings. The molecular weight excluding hydrogens is 370 g/mol. The first-order valence-corrected chi connectivity index (χ1v) is 10.1. The van der Waals surface area contributed by atoms with E-state index in [1.54, 1.807) is 0 Å². The molecule has 2 saturated heterocycles. The van der Waals surface area contributed by atoms with Gasteiger partial charge < -0.3 is 24.6 Å². The van der Waals surface area contributed by atoms with Gasteiger partial charge in [0, 0.05) is 43.6 Å². The summed E-state index contributed by atoms with van der Waals surface area (Å²) in [5.74, 6) is 0.750. The summed E-state index contributed by atoms with van der Waals surface area (Å²) in [5, 5.41) is 2.98. The van der Waals surface area contributed by atoms with Gasteiger partial charge in [-0.15, -0.1) is 0 Å². The molecule has 4 heterocycles. The summed E-state index contributed by atoms with van der Waals surface area (Å²) >= 11 is 0. The summed E-state index contributed by atoms with van der Waals surface area (Å²) in [6.45, 7) is 5.37. The van der Waals surface area contributed by atoms with Crippen molar-refractivity contribution in [2.75, 3.05) is 56.2 Å². The molecule has 2 amide bonds. The summed E-state index contributed by atoms with van der Waals surface area (Å²) in [7, 11) is 0. The smallest absolute Gasteiger partial charge is 0.321 e. The quantitative estimate of drug-likeness (QED) is 0.838. The highest BCUT2D eigenvalue weighted by molar-refractivity contribution is 5.89. The van der Waals surface area contributed by atoms with Gasteiger partial charge in [0.25, 0.3) is 0 Å². The summed E-state index contributed by atoms with van der Waals surface area (Å²) < 4.78 is 11.3. The van der Waals surface area contributed by atoms with Crippen LogP contribution in [-0.2, 0) is 21.5 Å². The van der Waals surface area contributed by atoms with Crippen LogP contribution >= 0.6 is 0 Å². The number of nitrogens with zero attached hydrogens (tertiary/aromatic N) is 4. The Bertz CT molecular complexity index is 887. The fourth-order valence-corrected chi connectivity index (χ4v) is 4.38. The van der Waals surface area contributed by atoms with Crippen LogP contribution in [0.2, 0.25) is 0 Å². The molecule has 1 N–H and O–H groups in total. The predicted molar refractivity (Wildman–Crippen MR) is 108 cm³/mol. The normalized spacial score (nSPS) is 23.9. The maximum Gasteiger partial charge on any atom is 0.321 e. The number of anilines is 2. The monoisotopic (exact) mass is 395 g/mol. The second kappa shape index (κ2) is 7.61. The zero-order valence-corrected chi connectivity index (χ0v) is 16.3. The first-order valence-electron chi connectivity index (χ1n) is 10.1. The largest absolute Gasteiger partial charge is 0.378 e. The van der Waals surface area contributed by atoms with E-state index in [4.69, 9.17) is 14.5 Å². The van der Waals surface area contributed by atoms with Gasteiger partial charge in [0.2, 0.25) is 5.95 Å². The number of rotatable bonds is 2. The topological polar surface area (TPSA) is 79.8 Å². The molecule has 5 rings (SSSR count). The van der Waals surface area contributed by atoms with E-state index in [2.05, 4.69) is 15.2 Å². The second-order valence-electron chi connectivity index (χ2n) is 7.88. The lowest BCUT2D eigenvalue weighted by atomic mass is 9.80. The minimum atomic E-state index is -0.272. The molecule has 8 heteroatoms. The van der Waals surface area contributed by atoms with Gasteiger partial charge in [0.1, 0.15) is 0 Å². The molecule has 1 aromatic heterocycles. The average Bonchev–Trinajstić information content (AvgIpc) is 3.20. The SMILES string of the molecule is O=C(Nc1ccccc1)N1CCC2(COCc3cnc(N4CCOCC4)nc32)C1. The lowest BCUT2D eigenvalue weighted by Gasteiger charge is -2.35. The highest BCUT2D eigenvalue weighted by Gasteiger charge is 2.46. The summed E-state index contributed by atoms with van der Waals surface area (Å²) in [4.78, 5) is 26.4. The number of benzene rings is 1. The van der Waals surface area contributed by atoms with Gasteiger partial charge >= 0.3 is 6.03 Å². The Morgan fingerprint density at radius 3 is 2.76 bits per heavy atom. The fraction of sp³-hybridized carbons (Fsp3) is 0.476. The van der Waals surface area contributed by atoms with Gasteiger partial charge in [-0.2, -0.15) is 0 Å². The maximum absolute atomic E-state index is 12.8. The fourth-order valence-electron chi connectivity index (χ4n) is 4.38. The van der Waals surface area contributed by atoms with Crippen molar-refractivity contribution in [2.45, 2.75) is 18.4 Å². The number of hydrogen-bond donors (Lipinski definition) is 1. The van der Waals surface area contributed by atoms with E-state index in [0.29, 0.717) is 39.5 Å². The Labute approximate surface area is 169 Å². The first kappa shape index (κ1) is 18.3. The van der Waals surface area contributed by atoms with Crippen molar-refractivity contribution >= 4 is 17.7 Å². The van der Waals surface area contributed by atoms with Crippen molar-refractivity contribution < 1.29 is 14.3 Å². The Balaban J connectivity index is 1.37. The summed E-state index contributed by atoms with van der Waals surface area (Å²) in [6, 6.07) is 9.47. The molecule has 8 nitrogen and oxygen atoms in total. The lowest BCUT2D eigenvalue weighted by Crippen LogP contribution is -2.43. The summed E-state index contributed by atoms with van der Waals surface area (Å²) in [5.41, 5.74) is 2.59. The van der Waals surface area contributed by atoms with Gasteiger partial charge in [-0.05, 0) is 18.6 Å². The molecule has 0 saturated carbocycles. The first-order chi connectivity index (χ1) is 14.2. The van der Waals surface area contributed by atoms with E-state index in [-0.39, 0.29) is 11.4 Å². The van der Waals surface area contributed by atoms with Crippen LogP contribution < -0.4 is 10.2 Å². The van der Waals surface area contributed by atoms with E-state index in [1.807, 2.05) is 41.4 Å². The van der Waals surface area contributed by atoms with Crippen LogP contribution in [0.3, 0.4) is 0 Å². The number of aromatic nitrogens is 2. The van der Waals surface area contributed by atoms with Crippen molar-refractivity contribution in [3.63, 3.8) is 0 Å². The Morgan fingerprint density at radius 2 is 1.93 bits per heavy atom. The summed E-state index contributed by atoms with van der Waals surface area (Å²) in [6.07, 6.45) is 2.72. The van der Waals surface area contributed by atoms with Crippen LogP contribution in [-0.4, -0.2) is 66.9 Å². The zero-order chi connectivity index (χ0) is 19.7. The number of fused-ring (bicyclic) bond motifs is 2. The maximum atomic E-state index is 12.8. The number of likely N-dealkylation sites (tertiary alicyclic amines) is 1. The van der Waals surface area contributed by atoms with Gasteiger partial charge in [-0.1, -0.05) is 18.2 Å². The van der Waals surface area contributed by atoms with E-state index in [0.717, 1.165) is 42.4 Å². The molecule has 0 bridgehead atoms. The Morgan fingerprint density at radius 1 is 1.10 bits per heavy atom. The molecule has 3 aliphatic rings. The molecule has 152 valence electrons. The third-order valence-electron chi connectivity index (χ3n) is 5.95. The second-order valence-corrected chi connectivity index (χ2v) is 7.88. The third kappa shape index (κ3) is 3.54. The number of morpholine rings is 1. The van der Waals surface area contributed by atoms with Gasteiger partial charge in [0.05, 0.1) is 37.5 Å². The minimum absolute atomic E-state index is 0.0809. The van der Waals surface area contributed by atoms with Crippen LogP contribution in [0.25, 0.3) is 0 Å². The molecule has 1 atom stereocenters. The van der Waals surface area contributed by atoms with Crippen molar-refractivity contribution in [3.8, 4) is 0 Å². The number of para-hydroxylation sites is 1. The van der Waals surface area contributed by atoms with E-state index < -0.39 is 0 Å².